The number of nitrogens with one attached hydrogen (secondary N) is 1. The van der Waals surface area contributed by atoms with Crippen LogP contribution in [0.15, 0.2) is 54.7 Å². The summed E-state index contributed by atoms with van der Waals surface area (Å²) in [5, 5.41) is 13.4. The molecule has 3 aromatic rings. The second kappa shape index (κ2) is 10.9. The summed E-state index contributed by atoms with van der Waals surface area (Å²) in [6, 6.07) is 16.7. The Bertz CT molecular complexity index is 1040. The van der Waals surface area contributed by atoms with Crippen LogP contribution >= 0.6 is 11.6 Å². The molecule has 0 bridgehead atoms. The number of hydrogen-bond donors (Lipinski definition) is 2. The molecule has 0 aliphatic carbocycles. The quantitative estimate of drug-likeness (QED) is 0.487. The topological polar surface area (TPSA) is 61.3 Å². The van der Waals surface area contributed by atoms with Crippen LogP contribution in [-0.4, -0.2) is 45.7 Å². The number of aromatic hydroxyl groups is 1. The summed E-state index contributed by atoms with van der Waals surface area (Å²) in [6.07, 6.45) is 5.66. The standard InChI is InChI=1S/C26H31ClN4O/c1-2-31(22-11-13-28-17-22)18-20-6-3-7-21(15-20)24-12-14-29-26(30-24)8-4-5-19-9-10-25(32)23(27)16-19/h3,6-7,9-10,12,14-16,22,28,32H,2,4-5,8,11,13,17-18H2,1H3. The molecular formula is C26H31ClN4O. The van der Waals surface area contributed by atoms with Gasteiger partial charge in [-0.05, 0) is 67.7 Å². The summed E-state index contributed by atoms with van der Waals surface area (Å²) in [7, 11) is 0. The Morgan fingerprint density at radius 2 is 2.03 bits per heavy atom. The van der Waals surface area contributed by atoms with Crippen molar-refractivity contribution in [2.24, 2.45) is 0 Å². The van der Waals surface area contributed by atoms with Crippen LogP contribution in [0.1, 0.15) is 36.7 Å². The number of benzene rings is 2. The maximum absolute atomic E-state index is 9.57. The fraction of sp³-hybridized carbons (Fsp3) is 0.385. The fourth-order valence-corrected chi connectivity index (χ4v) is 4.55. The highest BCUT2D eigenvalue weighted by atomic mass is 35.5. The van der Waals surface area contributed by atoms with E-state index in [1.165, 1.54) is 12.0 Å². The lowest BCUT2D eigenvalue weighted by Crippen LogP contribution is -2.36. The first-order valence-electron chi connectivity index (χ1n) is 11.5. The number of phenolic OH excluding ortho intramolecular Hbond substituents is 1. The van der Waals surface area contributed by atoms with E-state index in [0.29, 0.717) is 11.1 Å². The van der Waals surface area contributed by atoms with E-state index in [1.54, 1.807) is 6.07 Å². The van der Waals surface area contributed by atoms with Crippen LogP contribution in [0.3, 0.4) is 0 Å². The number of aromatic nitrogens is 2. The van der Waals surface area contributed by atoms with E-state index in [-0.39, 0.29) is 5.75 Å². The van der Waals surface area contributed by atoms with Crippen molar-refractivity contribution < 1.29 is 5.11 Å². The minimum atomic E-state index is 0.121. The Morgan fingerprint density at radius 1 is 1.12 bits per heavy atom. The predicted molar refractivity (Wildman–Crippen MR) is 130 cm³/mol. The number of hydrogen-bond acceptors (Lipinski definition) is 5. The van der Waals surface area contributed by atoms with Gasteiger partial charge in [0.2, 0.25) is 0 Å². The summed E-state index contributed by atoms with van der Waals surface area (Å²) in [6.45, 7) is 6.46. The van der Waals surface area contributed by atoms with Crippen LogP contribution in [0.4, 0.5) is 0 Å². The highest BCUT2D eigenvalue weighted by Gasteiger charge is 2.21. The molecule has 1 unspecified atom stereocenters. The lowest BCUT2D eigenvalue weighted by atomic mass is 10.1. The first kappa shape index (κ1) is 22.7. The highest BCUT2D eigenvalue weighted by Crippen LogP contribution is 2.25. The molecule has 32 heavy (non-hydrogen) atoms. The predicted octanol–water partition coefficient (Wildman–Crippen LogP) is 4.86. The highest BCUT2D eigenvalue weighted by molar-refractivity contribution is 6.32. The van der Waals surface area contributed by atoms with Crippen LogP contribution in [0.5, 0.6) is 5.75 Å². The molecule has 0 spiro atoms. The Hall–Kier alpha value is -2.47. The molecule has 1 aliphatic heterocycles. The van der Waals surface area contributed by atoms with Crippen LogP contribution in [0.25, 0.3) is 11.3 Å². The first-order chi connectivity index (χ1) is 15.6. The van der Waals surface area contributed by atoms with Crippen LogP contribution in [0, 0.1) is 0 Å². The molecule has 1 aliphatic rings. The molecule has 5 nitrogen and oxygen atoms in total. The van der Waals surface area contributed by atoms with E-state index in [2.05, 4.69) is 46.4 Å². The molecule has 1 saturated heterocycles. The molecule has 4 rings (SSSR count). The third-order valence-electron chi connectivity index (χ3n) is 6.15. The van der Waals surface area contributed by atoms with Crippen LogP contribution < -0.4 is 5.32 Å². The maximum Gasteiger partial charge on any atom is 0.134 e. The van der Waals surface area contributed by atoms with E-state index >= 15 is 0 Å². The minimum Gasteiger partial charge on any atom is -0.506 e. The second-order valence-electron chi connectivity index (χ2n) is 8.41. The normalized spacial score (nSPS) is 16.0. The van der Waals surface area contributed by atoms with E-state index < -0.39 is 0 Å². The third kappa shape index (κ3) is 5.85. The minimum absolute atomic E-state index is 0.121. The zero-order valence-electron chi connectivity index (χ0n) is 18.6. The lowest BCUT2D eigenvalue weighted by molar-refractivity contribution is 0.210. The molecule has 1 atom stereocenters. The Morgan fingerprint density at radius 3 is 2.81 bits per heavy atom. The Balaban J connectivity index is 1.40. The van der Waals surface area contributed by atoms with Gasteiger partial charge in [-0.25, -0.2) is 9.97 Å². The van der Waals surface area contributed by atoms with Crippen molar-refractivity contribution in [2.45, 2.75) is 45.2 Å². The smallest absolute Gasteiger partial charge is 0.134 e. The summed E-state index contributed by atoms with van der Waals surface area (Å²) < 4.78 is 0. The first-order valence-corrected chi connectivity index (χ1v) is 11.8. The van der Waals surface area contributed by atoms with Gasteiger partial charge in [-0.2, -0.15) is 0 Å². The molecule has 2 aromatic carbocycles. The maximum atomic E-state index is 9.57. The van der Waals surface area contributed by atoms with Crippen molar-refractivity contribution >= 4 is 11.6 Å². The van der Waals surface area contributed by atoms with Gasteiger partial charge >= 0.3 is 0 Å². The number of nitrogens with zero attached hydrogens (tertiary/aromatic N) is 3. The zero-order chi connectivity index (χ0) is 22.3. The van der Waals surface area contributed by atoms with Gasteiger partial charge < -0.3 is 10.4 Å². The SMILES string of the molecule is CCN(Cc1cccc(-c2ccnc(CCCc3ccc(O)c(Cl)c3)n2)c1)C1CCNC1. The molecular weight excluding hydrogens is 420 g/mol. The van der Waals surface area contributed by atoms with Crippen molar-refractivity contribution in [3.63, 3.8) is 0 Å². The Labute approximate surface area is 195 Å². The van der Waals surface area contributed by atoms with Gasteiger partial charge in [-0.15, -0.1) is 0 Å². The average molecular weight is 451 g/mol. The summed E-state index contributed by atoms with van der Waals surface area (Å²) in [5.74, 6) is 0.973. The molecule has 6 heteroatoms. The number of phenols is 1. The van der Waals surface area contributed by atoms with E-state index in [0.717, 1.165) is 68.1 Å². The lowest BCUT2D eigenvalue weighted by Gasteiger charge is -2.27. The average Bonchev–Trinajstić information content (AvgIpc) is 3.35. The molecule has 2 N–H and O–H groups in total. The van der Waals surface area contributed by atoms with Crippen molar-refractivity contribution in [3.05, 3.63) is 76.7 Å². The molecule has 1 aromatic heterocycles. The second-order valence-corrected chi connectivity index (χ2v) is 8.81. The van der Waals surface area contributed by atoms with E-state index in [9.17, 15) is 5.11 Å². The van der Waals surface area contributed by atoms with Crippen molar-refractivity contribution in [1.29, 1.82) is 0 Å². The number of likely N-dealkylation sites (N-methyl/N-ethyl adjacent to an activating group) is 1. The number of rotatable bonds is 9. The zero-order valence-corrected chi connectivity index (χ0v) is 19.4. The monoisotopic (exact) mass is 450 g/mol. The van der Waals surface area contributed by atoms with Crippen molar-refractivity contribution in [3.8, 4) is 17.0 Å². The molecule has 0 saturated carbocycles. The van der Waals surface area contributed by atoms with Gasteiger partial charge in [0.05, 0.1) is 10.7 Å². The largest absolute Gasteiger partial charge is 0.506 e. The molecule has 0 radical (unpaired) electrons. The number of halogens is 1. The third-order valence-corrected chi connectivity index (χ3v) is 6.45. The summed E-state index contributed by atoms with van der Waals surface area (Å²) in [5.41, 5.74) is 4.53. The van der Waals surface area contributed by atoms with Gasteiger partial charge in [0, 0.05) is 37.3 Å². The van der Waals surface area contributed by atoms with Gasteiger partial charge in [0.15, 0.2) is 0 Å². The van der Waals surface area contributed by atoms with Gasteiger partial charge in [-0.3, -0.25) is 4.90 Å². The Kier molecular flexibility index (Phi) is 7.74. The molecule has 1 fully saturated rings. The van der Waals surface area contributed by atoms with E-state index in [4.69, 9.17) is 16.6 Å². The van der Waals surface area contributed by atoms with Crippen LogP contribution in [0.2, 0.25) is 5.02 Å². The fourth-order valence-electron chi connectivity index (χ4n) is 4.35. The van der Waals surface area contributed by atoms with Crippen LogP contribution in [-0.2, 0) is 19.4 Å². The van der Waals surface area contributed by atoms with E-state index in [1.807, 2.05) is 24.4 Å². The van der Waals surface area contributed by atoms with Gasteiger partial charge in [0.25, 0.3) is 0 Å². The molecule has 2 heterocycles. The summed E-state index contributed by atoms with van der Waals surface area (Å²) in [4.78, 5) is 11.9. The summed E-state index contributed by atoms with van der Waals surface area (Å²) >= 11 is 6.01. The van der Waals surface area contributed by atoms with Crippen molar-refractivity contribution in [1.82, 2.24) is 20.2 Å². The molecule has 0 amide bonds. The molecule has 168 valence electrons. The van der Waals surface area contributed by atoms with Gasteiger partial charge in [0.1, 0.15) is 11.6 Å². The number of aryl methyl sites for hydroxylation is 2. The van der Waals surface area contributed by atoms with Gasteiger partial charge in [-0.1, -0.05) is 42.8 Å². The van der Waals surface area contributed by atoms with Crippen molar-refractivity contribution in [2.75, 3.05) is 19.6 Å².